The van der Waals surface area contributed by atoms with Gasteiger partial charge in [0.15, 0.2) is 0 Å². The van der Waals surface area contributed by atoms with Gasteiger partial charge >= 0.3 is 5.51 Å². The molecule has 0 spiro atoms. The lowest BCUT2D eigenvalue weighted by atomic mass is 10.2. The Kier molecular flexibility index (Phi) is 6.35. The van der Waals surface area contributed by atoms with E-state index in [1.165, 1.54) is 18.3 Å². The number of amides is 1. The minimum atomic E-state index is -4.51. The van der Waals surface area contributed by atoms with Gasteiger partial charge in [-0.15, -0.1) is 0 Å². The third-order valence-corrected chi connectivity index (χ3v) is 4.44. The van der Waals surface area contributed by atoms with Crippen molar-refractivity contribution in [2.45, 2.75) is 17.0 Å². The molecule has 1 aromatic carbocycles. The molecule has 0 saturated carbocycles. The number of fused-ring (bicyclic) bond motifs is 1. The number of halogens is 3. The number of thioether (sulfide) groups is 1. The molecular weight excluding hydrogens is 391 g/mol. The van der Waals surface area contributed by atoms with Crippen molar-refractivity contribution >= 4 is 28.6 Å². The fourth-order valence-electron chi connectivity index (χ4n) is 2.50. The number of alkyl halides is 3. The number of carbonyl (C=O) groups is 1. The third kappa shape index (κ3) is 5.35. The molecule has 0 bridgehead atoms. The SMILES string of the molecule is O=C(NCCCOc1cccc2cccnc12)c1cccnc1SC(F)(F)F. The molecule has 1 amide bonds. The molecule has 9 heteroatoms. The van der Waals surface area contributed by atoms with Crippen LogP contribution < -0.4 is 10.1 Å². The van der Waals surface area contributed by atoms with Crippen molar-refractivity contribution in [3.8, 4) is 5.75 Å². The molecule has 146 valence electrons. The average molecular weight is 407 g/mol. The molecule has 5 nitrogen and oxygen atoms in total. The van der Waals surface area contributed by atoms with Crippen LogP contribution in [0.4, 0.5) is 13.2 Å². The van der Waals surface area contributed by atoms with E-state index >= 15 is 0 Å². The van der Waals surface area contributed by atoms with Crippen molar-refractivity contribution in [2.24, 2.45) is 0 Å². The number of pyridine rings is 2. The summed E-state index contributed by atoms with van der Waals surface area (Å²) in [6, 6.07) is 12.1. The zero-order valence-corrected chi connectivity index (χ0v) is 15.4. The second kappa shape index (κ2) is 8.92. The van der Waals surface area contributed by atoms with Crippen LogP contribution in [0.2, 0.25) is 0 Å². The van der Waals surface area contributed by atoms with Gasteiger partial charge in [-0.2, -0.15) is 13.2 Å². The van der Waals surface area contributed by atoms with Crippen molar-refractivity contribution in [1.82, 2.24) is 15.3 Å². The molecular formula is C19H16F3N3O2S. The molecule has 0 aliphatic carbocycles. The van der Waals surface area contributed by atoms with Gasteiger partial charge in [0.2, 0.25) is 0 Å². The quantitative estimate of drug-likeness (QED) is 0.463. The van der Waals surface area contributed by atoms with Gasteiger partial charge in [-0.3, -0.25) is 9.78 Å². The Morgan fingerprint density at radius 3 is 2.64 bits per heavy atom. The number of nitrogens with one attached hydrogen (secondary N) is 1. The Labute approximate surface area is 163 Å². The number of rotatable bonds is 7. The van der Waals surface area contributed by atoms with Crippen LogP contribution >= 0.6 is 11.8 Å². The summed E-state index contributed by atoms with van der Waals surface area (Å²) in [7, 11) is 0. The first-order valence-corrected chi connectivity index (χ1v) is 9.21. The Morgan fingerprint density at radius 1 is 1.07 bits per heavy atom. The van der Waals surface area contributed by atoms with Crippen LogP contribution in [0.1, 0.15) is 16.8 Å². The first kappa shape index (κ1) is 19.9. The molecule has 0 unspecified atom stereocenters. The fraction of sp³-hybridized carbons (Fsp3) is 0.211. The molecule has 0 atom stereocenters. The van der Waals surface area contributed by atoms with E-state index in [1.54, 1.807) is 6.20 Å². The number of hydrogen-bond donors (Lipinski definition) is 1. The normalized spacial score (nSPS) is 11.4. The van der Waals surface area contributed by atoms with Crippen LogP contribution in [0.3, 0.4) is 0 Å². The highest BCUT2D eigenvalue weighted by Crippen LogP contribution is 2.37. The Bertz CT molecular complexity index is 961. The Morgan fingerprint density at radius 2 is 1.82 bits per heavy atom. The minimum Gasteiger partial charge on any atom is -0.491 e. The van der Waals surface area contributed by atoms with Gasteiger partial charge < -0.3 is 10.1 Å². The topological polar surface area (TPSA) is 64.1 Å². The van der Waals surface area contributed by atoms with Gasteiger partial charge in [-0.25, -0.2) is 4.98 Å². The standard InChI is InChI=1S/C19H16F3N3O2S/c20-19(21,22)28-18-14(7-3-10-25-18)17(26)24-11-4-12-27-15-8-1-5-13-6-2-9-23-16(13)15/h1-3,5-10H,4,11-12H2,(H,24,26). The molecule has 0 radical (unpaired) electrons. The van der Waals surface area contributed by atoms with E-state index in [9.17, 15) is 18.0 Å². The number of carbonyl (C=O) groups excluding carboxylic acids is 1. The van der Waals surface area contributed by atoms with Crippen LogP contribution in [0.25, 0.3) is 10.9 Å². The highest BCUT2D eigenvalue weighted by molar-refractivity contribution is 8.00. The number of nitrogens with zero attached hydrogens (tertiary/aromatic N) is 2. The van der Waals surface area contributed by atoms with Crippen LogP contribution in [0.15, 0.2) is 59.9 Å². The predicted octanol–water partition coefficient (Wildman–Crippen LogP) is 4.44. The van der Waals surface area contributed by atoms with Gasteiger partial charge in [0.1, 0.15) is 16.3 Å². The highest BCUT2D eigenvalue weighted by atomic mass is 32.2. The summed E-state index contributed by atoms with van der Waals surface area (Å²) in [6.45, 7) is 0.579. The number of ether oxygens (including phenoxy) is 1. The maximum atomic E-state index is 12.6. The van der Waals surface area contributed by atoms with Crippen molar-refractivity contribution in [2.75, 3.05) is 13.2 Å². The lowest BCUT2D eigenvalue weighted by molar-refractivity contribution is -0.0329. The summed E-state index contributed by atoms with van der Waals surface area (Å²) in [5.74, 6) is 0.0345. The largest absolute Gasteiger partial charge is 0.491 e. The average Bonchev–Trinajstić information content (AvgIpc) is 2.67. The molecule has 0 fully saturated rings. The number of benzene rings is 1. The molecule has 2 heterocycles. The van der Waals surface area contributed by atoms with Gasteiger partial charge in [0, 0.05) is 36.1 Å². The maximum Gasteiger partial charge on any atom is 0.447 e. The van der Waals surface area contributed by atoms with Gasteiger partial charge in [0.25, 0.3) is 5.91 Å². The Balaban J connectivity index is 1.51. The van der Waals surface area contributed by atoms with E-state index in [2.05, 4.69) is 15.3 Å². The lowest BCUT2D eigenvalue weighted by Crippen LogP contribution is -2.26. The third-order valence-electron chi connectivity index (χ3n) is 3.69. The van der Waals surface area contributed by atoms with E-state index in [4.69, 9.17) is 4.74 Å². The molecule has 3 aromatic rings. The van der Waals surface area contributed by atoms with Gasteiger partial charge in [-0.1, -0.05) is 18.2 Å². The number of para-hydroxylation sites is 1. The van der Waals surface area contributed by atoms with E-state index < -0.39 is 23.2 Å². The first-order valence-electron chi connectivity index (χ1n) is 8.39. The van der Waals surface area contributed by atoms with Crippen LogP contribution in [-0.2, 0) is 0 Å². The summed E-state index contributed by atoms with van der Waals surface area (Å²) >= 11 is -0.406. The summed E-state index contributed by atoms with van der Waals surface area (Å²) in [4.78, 5) is 20.1. The number of hydrogen-bond acceptors (Lipinski definition) is 5. The maximum absolute atomic E-state index is 12.6. The van der Waals surface area contributed by atoms with Crippen LogP contribution in [-0.4, -0.2) is 34.5 Å². The van der Waals surface area contributed by atoms with E-state index in [0.29, 0.717) is 18.8 Å². The zero-order chi connectivity index (χ0) is 20.0. The summed E-state index contributed by atoms with van der Waals surface area (Å²) in [5.41, 5.74) is -3.87. The smallest absolute Gasteiger partial charge is 0.447 e. The number of aromatic nitrogens is 2. The lowest BCUT2D eigenvalue weighted by Gasteiger charge is -2.11. The summed E-state index contributed by atoms with van der Waals surface area (Å²) < 4.78 is 43.5. The van der Waals surface area contributed by atoms with E-state index in [0.717, 1.165) is 10.9 Å². The summed E-state index contributed by atoms with van der Waals surface area (Å²) in [5, 5.41) is 3.18. The van der Waals surface area contributed by atoms with Crippen molar-refractivity contribution in [1.29, 1.82) is 0 Å². The van der Waals surface area contributed by atoms with Gasteiger partial charge in [0.05, 0.1) is 12.2 Å². The van der Waals surface area contributed by atoms with E-state index in [-0.39, 0.29) is 17.1 Å². The van der Waals surface area contributed by atoms with Crippen LogP contribution in [0, 0.1) is 0 Å². The highest BCUT2D eigenvalue weighted by Gasteiger charge is 2.32. The second-order valence-corrected chi connectivity index (χ2v) is 6.75. The molecule has 0 saturated heterocycles. The Hall–Kier alpha value is -2.81. The first-order chi connectivity index (χ1) is 13.4. The molecule has 28 heavy (non-hydrogen) atoms. The molecule has 2 aromatic heterocycles. The monoisotopic (exact) mass is 407 g/mol. The van der Waals surface area contributed by atoms with Crippen LogP contribution in [0.5, 0.6) is 5.75 Å². The second-order valence-electron chi connectivity index (χ2n) is 5.69. The minimum absolute atomic E-state index is 0.107. The predicted molar refractivity (Wildman–Crippen MR) is 100 cm³/mol. The van der Waals surface area contributed by atoms with Crippen molar-refractivity contribution in [3.63, 3.8) is 0 Å². The fourth-order valence-corrected chi connectivity index (χ4v) is 3.10. The molecule has 1 N–H and O–H groups in total. The van der Waals surface area contributed by atoms with E-state index in [1.807, 2.05) is 30.3 Å². The van der Waals surface area contributed by atoms with Crippen molar-refractivity contribution < 1.29 is 22.7 Å². The molecule has 0 aliphatic heterocycles. The van der Waals surface area contributed by atoms with Crippen molar-refractivity contribution in [3.05, 3.63) is 60.4 Å². The van der Waals surface area contributed by atoms with Gasteiger partial charge in [-0.05, 0) is 30.7 Å². The summed E-state index contributed by atoms with van der Waals surface area (Å²) in [6.07, 6.45) is 3.38. The molecule has 3 rings (SSSR count). The molecule has 0 aliphatic rings. The zero-order valence-electron chi connectivity index (χ0n) is 14.6.